The van der Waals surface area contributed by atoms with Crippen molar-refractivity contribution in [3.8, 4) is 0 Å². The van der Waals surface area contributed by atoms with Gasteiger partial charge in [0.2, 0.25) is 0 Å². The van der Waals surface area contributed by atoms with Gasteiger partial charge in [0.15, 0.2) is 4.80 Å². The molecule has 3 rings (SSSR count). The van der Waals surface area contributed by atoms with Gasteiger partial charge in [-0.3, -0.25) is 19.7 Å². The Bertz CT molecular complexity index is 1200. The Hall–Kier alpha value is -3.04. The smallest absolute Gasteiger partial charge is 0.326 e. The van der Waals surface area contributed by atoms with Crippen molar-refractivity contribution in [1.29, 1.82) is 0 Å². The van der Waals surface area contributed by atoms with Crippen molar-refractivity contribution in [2.45, 2.75) is 20.4 Å². The van der Waals surface area contributed by atoms with Crippen molar-refractivity contribution in [2.24, 2.45) is 4.99 Å². The van der Waals surface area contributed by atoms with E-state index in [0.29, 0.717) is 5.52 Å². The molecule has 0 atom stereocenters. The molecule has 0 saturated heterocycles. The van der Waals surface area contributed by atoms with Crippen LogP contribution in [0, 0.1) is 17.0 Å². The summed E-state index contributed by atoms with van der Waals surface area (Å²) in [5, 5.41) is 11.4. The van der Waals surface area contributed by atoms with E-state index >= 15 is 0 Å². The van der Waals surface area contributed by atoms with Gasteiger partial charge < -0.3 is 9.30 Å². The molecule has 0 bridgehead atoms. The molecule has 0 spiro atoms. The average molecular weight is 434 g/mol. The van der Waals surface area contributed by atoms with E-state index in [1.807, 2.05) is 25.1 Å². The number of aromatic nitrogens is 1. The number of ether oxygens (including phenoxy) is 1. The molecule has 10 heteroatoms. The first-order valence-electron chi connectivity index (χ1n) is 8.58. The van der Waals surface area contributed by atoms with Gasteiger partial charge in [-0.15, -0.1) is 0 Å². The number of carbonyl (C=O) groups excluding carboxylic acids is 2. The molecule has 3 aromatic rings. The van der Waals surface area contributed by atoms with Gasteiger partial charge in [0.05, 0.1) is 21.7 Å². The molecule has 1 amide bonds. The van der Waals surface area contributed by atoms with Crippen LogP contribution in [-0.2, 0) is 16.1 Å². The summed E-state index contributed by atoms with van der Waals surface area (Å²) < 4.78 is 7.39. The number of benzene rings is 2. The average Bonchev–Trinajstić information content (AvgIpc) is 2.97. The van der Waals surface area contributed by atoms with Crippen LogP contribution in [0.15, 0.2) is 41.4 Å². The number of carbonyl (C=O) groups is 2. The van der Waals surface area contributed by atoms with Crippen LogP contribution in [0.4, 0.5) is 5.69 Å². The molecule has 2 aromatic carbocycles. The maximum atomic E-state index is 12.7. The summed E-state index contributed by atoms with van der Waals surface area (Å²) in [7, 11) is 0. The fourth-order valence-corrected chi connectivity index (χ4v) is 4.04. The van der Waals surface area contributed by atoms with Crippen LogP contribution in [0.5, 0.6) is 0 Å². The molecule has 0 aliphatic carbocycles. The minimum absolute atomic E-state index is 0.138. The van der Waals surface area contributed by atoms with E-state index in [-0.39, 0.29) is 28.5 Å². The predicted octanol–water partition coefficient (Wildman–Crippen LogP) is 3.88. The van der Waals surface area contributed by atoms with Gasteiger partial charge in [-0.2, -0.15) is 4.99 Å². The number of fused-ring (bicyclic) bond motifs is 1. The number of hydrogen-bond acceptors (Lipinski definition) is 6. The summed E-state index contributed by atoms with van der Waals surface area (Å²) in [6.07, 6.45) is 0. The molecule has 0 aliphatic heterocycles. The van der Waals surface area contributed by atoms with Gasteiger partial charge in [-0.1, -0.05) is 29.0 Å². The van der Waals surface area contributed by atoms with E-state index < -0.39 is 22.5 Å². The number of hydrogen-bond donors (Lipinski definition) is 0. The number of esters is 1. The lowest BCUT2D eigenvalue weighted by Gasteiger charge is -2.05. The largest absolute Gasteiger partial charge is 0.465 e. The van der Waals surface area contributed by atoms with Crippen LogP contribution in [0.25, 0.3) is 10.2 Å². The molecular formula is C19H16ClN3O5S. The van der Waals surface area contributed by atoms with Crippen molar-refractivity contribution in [1.82, 2.24) is 4.57 Å². The second kappa shape index (κ2) is 8.54. The van der Waals surface area contributed by atoms with Gasteiger partial charge in [-0.25, -0.2) is 0 Å². The minimum Gasteiger partial charge on any atom is -0.465 e. The van der Waals surface area contributed by atoms with E-state index in [9.17, 15) is 19.7 Å². The van der Waals surface area contributed by atoms with Crippen LogP contribution in [0.1, 0.15) is 22.8 Å². The van der Waals surface area contributed by atoms with Gasteiger partial charge in [0.25, 0.3) is 11.6 Å². The van der Waals surface area contributed by atoms with E-state index in [1.54, 1.807) is 11.5 Å². The highest BCUT2D eigenvalue weighted by Crippen LogP contribution is 2.24. The van der Waals surface area contributed by atoms with E-state index in [2.05, 4.69) is 4.99 Å². The highest BCUT2D eigenvalue weighted by molar-refractivity contribution is 7.16. The first kappa shape index (κ1) is 20.7. The Morgan fingerprint density at radius 1 is 1.28 bits per heavy atom. The molecular weight excluding hydrogens is 418 g/mol. The van der Waals surface area contributed by atoms with Crippen molar-refractivity contribution < 1.29 is 19.2 Å². The number of halogens is 1. The standard InChI is InChI=1S/C19H16ClN3O5S/c1-3-28-17(24)10-22-15-6-4-11(2)8-16(15)29-19(22)21-18(25)13-9-12(20)5-7-14(13)23(26)27/h4-9H,3,10H2,1-2H3. The Kier molecular flexibility index (Phi) is 6.09. The number of rotatable bonds is 5. The maximum absolute atomic E-state index is 12.7. The molecule has 0 saturated carbocycles. The number of nitrogens with zero attached hydrogens (tertiary/aromatic N) is 3. The van der Waals surface area contributed by atoms with Crippen LogP contribution in [-0.4, -0.2) is 28.0 Å². The summed E-state index contributed by atoms with van der Waals surface area (Å²) >= 11 is 7.11. The number of nitro groups is 1. The quantitative estimate of drug-likeness (QED) is 0.345. The van der Waals surface area contributed by atoms with E-state index in [4.69, 9.17) is 16.3 Å². The summed E-state index contributed by atoms with van der Waals surface area (Å²) in [6.45, 7) is 3.71. The predicted molar refractivity (Wildman–Crippen MR) is 109 cm³/mol. The van der Waals surface area contributed by atoms with E-state index in [1.165, 1.54) is 23.5 Å². The molecule has 29 heavy (non-hydrogen) atoms. The van der Waals surface area contributed by atoms with Gasteiger partial charge in [-0.05, 0) is 43.7 Å². The monoisotopic (exact) mass is 433 g/mol. The Labute approximate surface area is 174 Å². The first-order valence-corrected chi connectivity index (χ1v) is 9.78. The van der Waals surface area contributed by atoms with Crippen LogP contribution < -0.4 is 4.80 Å². The molecule has 0 N–H and O–H groups in total. The third-order valence-corrected chi connectivity index (χ3v) is 5.29. The molecule has 0 fully saturated rings. The summed E-state index contributed by atoms with van der Waals surface area (Å²) in [6, 6.07) is 9.31. The molecule has 1 heterocycles. The number of nitro benzene ring substituents is 1. The summed E-state index contributed by atoms with van der Waals surface area (Å²) in [5.41, 5.74) is 1.10. The minimum atomic E-state index is -0.819. The normalized spacial score (nSPS) is 11.6. The van der Waals surface area contributed by atoms with Crippen LogP contribution in [0.2, 0.25) is 5.02 Å². The fraction of sp³-hybridized carbons (Fsp3) is 0.211. The molecule has 1 aromatic heterocycles. The molecule has 0 radical (unpaired) electrons. The van der Waals surface area contributed by atoms with Crippen molar-refractivity contribution in [3.63, 3.8) is 0 Å². The van der Waals surface area contributed by atoms with Gasteiger partial charge in [0, 0.05) is 11.1 Å². The Morgan fingerprint density at radius 2 is 2.03 bits per heavy atom. The van der Waals surface area contributed by atoms with E-state index in [0.717, 1.165) is 16.3 Å². The number of aryl methyl sites for hydroxylation is 1. The summed E-state index contributed by atoms with van der Waals surface area (Å²) in [5.74, 6) is -1.30. The Morgan fingerprint density at radius 3 is 2.72 bits per heavy atom. The second-order valence-electron chi connectivity index (χ2n) is 6.08. The topological polar surface area (TPSA) is 104 Å². The number of amides is 1. The zero-order valence-electron chi connectivity index (χ0n) is 15.5. The second-order valence-corrected chi connectivity index (χ2v) is 7.53. The Balaban J connectivity index is 2.17. The van der Waals surface area contributed by atoms with Crippen LogP contribution >= 0.6 is 22.9 Å². The third kappa shape index (κ3) is 4.52. The third-order valence-electron chi connectivity index (χ3n) is 4.01. The molecule has 150 valence electrons. The zero-order valence-corrected chi connectivity index (χ0v) is 17.1. The lowest BCUT2D eigenvalue weighted by atomic mass is 10.2. The molecule has 8 nitrogen and oxygen atoms in total. The lowest BCUT2D eigenvalue weighted by Crippen LogP contribution is -2.23. The van der Waals surface area contributed by atoms with Gasteiger partial charge in [0.1, 0.15) is 12.1 Å². The van der Waals surface area contributed by atoms with Crippen molar-refractivity contribution in [3.05, 3.63) is 67.5 Å². The highest BCUT2D eigenvalue weighted by Gasteiger charge is 2.21. The van der Waals surface area contributed by atoms with Crippen LogP contribution in [0.3, 0.4) is 0 Å². The SMILES string of the molecule is CCOC(=O)Cn1c(=NC(=O)c2cc(Cl)ccc2[N+](=O)[O-])sc2cc(C)ccc21. The van der Waals surface area contributed by atoms with Gasteiger partial charge >= 0.3 is 5.97 Å². The first-order chi connectivity index (χ1) is 13.8. The number of thiazole rings is 1. The maximum Gasteiger partial charge on any atom is 0.326 e. The summed E-state index contributed by atoms with van der Waals surface area (Å²) in [4.78, 5) is 39.7. The lowest BCUT2D eigenvalue weighted by molar-refractivity contribution is -0.385. The van der Waals surface area contributed by atoms with Crippen molar-refractivity contribution in [2.75, 3.05) is 6.61 Å². The molecule has 0 unspecified atom stereocenters. The fourth-order valence-electron chi connectivity index (χ4n) is 2.74. The van der Waals surface area contributed by atoms with Crippen molar-refractivity contribution >= 4 is 50.7 Å². The zero-order chi connectivity index (χ0) is 21.1. The highest BCUT2D eigenvalue weighted by atomic mass is 35.5. The molecule has 0 aliphatic rings.